The SMILES string of the molecule is CN1CCOC(CNc2cc(N)cc(S(N)(=O)=O)c2)C1. The maximum absolute atomic E-state index is 11.3. The molecule has 0 aromatic heterocycles. The predicted octanol–water partition coefficient (Wildman–Crippen LogP) is -0.341. The van der Waals surface area contributed by atoms with Crippen LogP contribution >= 0.6 is 0 Å². The number of anilines is 2. The van der Waals surface area contributed by atoms with Gasteiger partial charge in [-0.3, -0.25) is 0 Å². The van der Waals surface area contributed by atoms with Gasteiger partial charge in [-0.15, -0.1) is 0 Å². The van der Waals surface area contributed by atoms with Crippen LogP contribution in [0.1, 0.15) is 0 Å². The van der Waals surface area contributed by atoms with E-state index in [2.05, 4.69) is 10.2 Å². The molecule has 1 atom stereocenters. The van der Waals surface area contributed by atoms with Crippen LogP contribution in [-0.2, 0) is 14.8 Å². The minimum Gasteiger partial charge on any atom is -0.399 e. The van der Waals surface area contributed by atoms with Crippen LogP contribution in [0, 0.1) is 0 Å². The van der Waals surface area contributed by atoms with Crippen molar-refractivity contribution < 1.29 is 13.2 Å². The van der Waals surface area contributed by atoms with Gasteiger partial charge in [0.25, 0.3) is 0 Å². The molecule has 112 valence electrons. The van der Waals surface area contributed by atoms with E-state index in [1.165, 1.54) is 12.1 Å². The molecule has 20 heavy (non-hydrogen) atoms. The Morgan fingerprint density at radius 1 is 1.45 bits per heavy atom. The van der Waals surface area contributed by atoms with Crippen molar-refractivity contribution in [2.45, 2.75) is 11.0 Å². The molecule has 2 rings (SSSR count). The summed E-state index contributed by atoms with van der Waals surface area (Å²) < 4.78 is 28.3. The zero-order chi connectivity index (χ0) is 14.8. The van der Waals surface area contributed by atoms with Gasteiger partial charge in [0.05, 0.1) is 17.6 Å². The molecule has 1 aromatic carbocycles. The van der Waals surface area contributed by atoms with Crippen molar-refractivity contribution in [2.24, 2.45) is 5.14 Å². The number of likely N-dealkylation sites (N-methyl/N-ethyl adjacent to an activating group) is 1. The van der Waals surface area contributed by atoms with E-state index in [4.69, 9.17) is 15.6 Å². The molecule has 0 amide bonds. The van der Waals surface area contributed by atoms with Gasteiger partial charge in [0.15, 0.2) is 0 Å². The van der Waals surface area contributed by atoms with Crippen molar-refractivity contribution in [1.29, 1.82) is 0 Å². The van der Waals surface area contributed by atoms with Crippen molar-refractivity contribution in [2.75, 3.05) is 44.3 Å². The average Bonchev–Trinajstić information content (AvgIpc) is 2.35. The third-order valence-corrected chi connectivity index (χ3v) is 4.03. The van der Waals surface area contributed by atoms with Gasteiger partial charge in [-0.1, -0.05) is 0 Å². The molecule has 0 radical (unpaired) electrons. The van der Waals surface area contributed by atoms with E-state index in [-0.39, 0.29) is 11.0 Å². The fourth-order valence-corrected chi connectivity index (χ4v) is 2.70. The van der Waals surface area contributed by atoms with E-state index in [1.807, 2.05) is 7.05 Å². The number of nitrogens with two attached hydrogens (primary N) is 2. The van der Waals surface area contributed by atoms with Gasteiger partial charge < -0.3 is 20.7 Å². The second kappa shape index (κ2) is 5.96. The molecule has 8 heteroatoms. The maximum atomic E-state index is 11.3. The summed E-state index contributed by atoms with van der Waals surface area (Å²) in [5, 5.41) is 8.25. The highest BCUT2D eigenvalue weighted by Gasteiger charge is 2.17. The highest BCUT2D eigenvalue weighted by atomic mass is 32.2. The Morgan fingerprint density at radius 2 is 2.20 bits per heavy atom. The molecule has 1 fully saturated rings. The summed E-state index contributed by atoms with van der Waals surface area (Å²) in [6, 6.07) is 4.48. The Morgan fingerprint density at radius 3 is 2.85 bits per heavy atom. The van der Waals surface area contributed by atoms with Crippen LogP contribution in [0.3, 0.4) is 0 Å². The summed E-state index contributed by atoms with van der Waals surface area (Å²) in [4.78, 5) is 2.19. The van der Waals surface area contributed by atoms with Crippen LogP contribution in [0.2, 0.25) is 0 Å². The number of ether oxygens (including phenoxy) is 1. The van der Waals surface area contributed by atoms with E-state index >= 15 is 0 Å². The van der Waals surface area contributed by atoms with Crippen molar-refractivity contribution in [3.05, 3.63) is 18.2 Å². The molecule has 0 spiro atoms. The second-order valence-electron chi connectivity index (χ2n) is 4.97. The molecule has 0 bridgehead atoms. The number of sulfonamides is 1. The van der Waals surface area contributed by atoms with Gasteiger partial charge in [-0.25, -0.2) is 13.6 Å². The van der Waals surface area contributed by atoms with Crippen molar-refractivity contribution >= 4 is 21.4 Å². The minimum atomic E-state index is -3.76. The van der Waals surface area contributed by atoms with Crippen molar-refractivity contribution in [3.8, 4) is 0 Å². The summed E-state index contributed by atoms with van der Waals surface area (Å²) in [5.74, 6) is 0. The largest absolute Gasteiger partial charge is 0.399 e. The topological polar surface area (TPSA) is 111 Å². The quantitative estimate of drug-likeness (QED) is 0.656. The molecule has 1 saturated heterocycles. The molecular weight excluding hydrogens is 280 g/mol. The lowest BCUT2D eigenvalue weighted by molar-refractivity contribution is -0.0117. The fraction of sp³-hybridized carbons (Fsp3) is 0.500. The van der Waals surface area contributed by atoms with Crippen LogP contribution in [0.25, 0.3) is 0 Å². The monoisotopic (exact) mass is 300 g/mol. The normalized spacial score (nSPS) is 20.8. The Bertz CT molecular complexity index is 576. The second-order valence-corrected chi connectivity index (χ2v) is 6.53. The Kier molecular flexibility index (Phi) is 4.48. The van der Waals surface area contributed by atoms with Gasteiger partial charge in [0, 0.05) is 31.0 Å². The van der Waals surface area contributed by atoms with Crippen molar-refractivity contribution in [1.82, 2.24) is 4.90 Å². The fourth-order valence-electron chi connectivity index (χ4n) is 2.11. The molecule has 0 aliphatic carbocycles. The number of nitrogens with zero attached hydrogens (tertiary/aromatic N) is 1. The lowest BCUT2D eigenvalue weighted by atomic mass is 10.2. The van der Waals surface area contributed by atoms with Crippen LogP contribution in [0.5, 0.6) is 0 Å². The van der Waals surface area contributed by atoms with Gasteiger partial charge in [-0.05, 0) is 25.2 Å². The lowest BCUT2D eigenvalue weighted by Gasteiger charge is -2.30. The third kappa shape index (κ3) is 4.07. The Balaban J connectivity index is 2.04. The summed E-state index contributed by atoms with van der Waals surface area (Å²) >= 11 is 0. The first-order valence-corrected chi connectivity index (χ1v) is 7.86. The van der Waals surface area contributed by atoms with Crippen LogP contribution in [-0.4, -0.2) is 52.7 Å². The number of benzene rings is 1. The zero-order valence-electron chi connectivity index (χ0n) is 11.4. The summed E-state index contributed by atoms with van der Waals surface area (Å²) in [5.41, 5.74) is 6.65. The van der Waals surface area contributed by atoms with Crippen molar-refractivity contribution in [3.63, 3.8) is 0 Å². The van der Waals surface area contributed by atoms with E-state index in [1.54, 1.807) is 6.07 Å². The van der Waals surface area contributed by atoms with Crippen LogP contribution in [0.4, 0.5) is 11.4 Å². The number of morpholine rings is 1. The zero-order valence-corrected chi connectivity index (χ0v) is 12.2. The predicted molar refractivity (Wildman–Crippen MR) is 78.0 cm³/mol. The van der Waals surface area contributed by atoms with Gasteiger partial charge in [-0.2, -0.15) is 0 Å². The van der Waals surface area contributed by atoms with E-state index < -0.39 is 10.0 Å². The lowest BCUT2D eigenvalue weighted by Crippen LogP contribution is -2.43. The summed E-state index contributed by atoms with van der Waals surface area (Å²) in [7, 11) is -1.72. The number of hydrogen-bond donors (Lipinski definition) is 3. The van der Waals surface area contributed by atoms with Gasteiger partial charge in [0.2, 0.25) is 10.0 Å². The van der Waals surface area contributed by atoms with Gasteiger partial charge in [0.1, 0.15) is 0 Å². The van der Waals surface area contributed by atoms with Crippen LogP contribution in [0.15, 0.2) is 23.1 Å². The first kappa shape index (κ1) is 15.0. The molecule has 1 heterocycles. The Hall–Kier alpha value is -1.35. The molecule has 1 aliphatic rings. The highest BCUT2D eigenvalue weighted by molar-refractivity contribution is 7.89. The van der Waals surface area contributed by atoms with Crippen LogP contribution < -0.4 is 16.2 Å². The number of nitrogens with one attached hydrogen (secondary N) is 1. The number of hydrogen-bond acceptors (Lipinski definition) is 6. The van der Waals surface area contributed by atoms with E-state index in [0.717, 1.165) is 13.1 Å². The number of nitrogen functional groups attached to an aromatic ring is 1. The van der Waals surface area contributed by atoms with Gasteiger partial charge >= 0.3 is 0 Å². The standard InChI is InChI=1S/C12H20N4O3S/c1-16-2-3-19-11(8-16)7-15-10-4-9(13)5-12(6-10)20(14,17)18/h4-6,11,15H,2-3,7-8,13H2,1H3,(H2,14,17,18). The molecule has 5 N–H and O–H groups in total. The first-order valence-electron chi connectivity index (χ1n) is 6.32. The molecular formula is C12H20N4O3S. The number of primary sulfonamides is 1. The highest BCUT2D eigenvalue weighted by Crippen LogP contribution is 2.19. The molecule has 1 unspecified atom stereocenters. The molecule has 1 aliphatic heterocycles. The molecule has 7 nitrogen and oxygen atoms in total. The average molecular weight is 300 g/mol. The maximum Gasteiger partial charge on any atom is 0.238 e. The molecule has 0 saturated carbocycles. The summed E-state index contributed by atoms with van der Waals surface area (Å²) in [6.45, 7) is 3.03. The Labute approximate surface area is 118 Å². The van der Waals surface area contributed by atoms with E-state index in [9.17, 15) is 8.42 Å². The summed E-state index contributed by atoms with van der Waals surface area (Å²) in [6.07, 6.45) is 0.0631. The first-order chi connectivity index (χ1) is 9.34. The number of rotatable bonds is 4. The molecule has 1 aromatic rings. The third-order valence-electron chi connectivity index (χ3n) is 3.13. The smallest absolute Gasteiger partial charge is 0.238 e. The minimum absolute atomic E-state index is 0.00156. The van der Waals surface area contributed by atoms with E-state index in [0.29, 0.717) is 24.5 Å².